The zero-order chi connectivity index (χ0) is 12.8. The van der Waals surface area contributed by atoms with E-state index in [1.165, 1.54) is 0 Å². The monoisotopic (exact) mass is 298 g/mol. The second kappa shape index (κ2) is 6.79. The predicted molar refractivity (Wildman–Crippen MR) is 74.8 cm³/mol. The Kier molecular flexibility index (Phi) is 5.68. The van der Waals surface area contributed by atoms with Crippen LogP contribution in [0.15, 0.2) is 34.8 Å². The summed E-state index contributed by atoms with van der Waals surface area (Å²) in [6.07, 6.45) is 1.85. The minimum Gasteiger partial charge on any atom is -0.496 e. The number of rotatable bonds is 6. The molecule has 1 aromatic rings. The van der Waals surface area contributed by atoms with Crippen LogP contribution in [-0.4, -0.2) is 7.11 Å². The van der Waals surface area contributed by atoms with Crippen LogP contribution >= 0.6 is 15.9 Å². The molecule has 0 heterocycles. The third-order valence-corrected chi connectivity index (χ3v) is 3.13. The lowest BCUT2D eigenvalue weighted by Gasteiger charge is -2.19. The summed E-state index contributed by atoms with van der Waals surface area (Å²) in [5.74, 6) is 6.44. The van der Waals surface area contributed by atoms with Gasteiger partial charge in [0.25, 0.3) is 0 Å². The van der Waals surface area contributed by atoms with Gasteiger partial charge in [-0.3, -0.25) is 11.3 Å². The van der Waals surface area contributed by atoms with Crippen LogP contribution in [-0.2, 0) is 0 Å². The van der Waals surface area contributed by atoms with Gasteiger partial charge in [0.1, 0.15) is 5.75 Å². The third kappa shape index (κ3) is 4.15. The summed E-state index contributed by atoms with van der Waals surface area (Å²) in [5, 5.41) is 0. The first-order valence-corrected chi connectivity index (χ1v) is 6.31. The number of hydrogen-bond donors (Lipinski definition) is 2. The Bertz CT molecular complexity index is 393. The Labute approximate surface area is 111 Å². The SMILES string of the molecule is C=C(C)CCC(NN)c1ccc(Br)cc1OC. The average molecular weight is 299 g/mol. The second-order valence-corrected chi connectivity index (χ2v) is 5.02. The van der Waals surface area contributed by atoms with Crippen molar-refractivity contribution >= 4 is 15.9 Å². The lowest BCUT2D eigenvalue weighted by Crippen LogP contribution is -2.28. The maximum atomic E-state index is 5.61. The number of nitrogens with one attached hydrogen (secondary N) is 1. The van der Waals surface area contributed by atoms with Crippen molar-refractivity contribution in [2.24, 2.45) is 5.84 Å². The van der Waals surface area contributed by atoms with E-state index in [1.54, 1.807) is 7.11 Å². The fourth-order valence-electron chi connectivity index (χ4n) is 1.69. The fraction of sp³-hybridized carbons (Fsp3) is 0.385. The number of nitrogens with two attached hydrogens (primary N) is 1. The molecule has 0 aliphatic rings. The molecule has 94 valence electrons. The highest BCUT2D eigenvalue weighted by atomic mass is 79.9. The number of hydrogen-bond acceptors (Lipinski definition) is 3. The van der Waals surface area contributed by atoms with E-state index in [0.29, 0.717) is 0 Å². The summed E-state index contributed by atoms with van der Waals surface area (Å²) < 4.78 is 6.36. The lowest BCUT2D eigenvalue weighted by molar-refractivity contribution is 0.395. The largest absolute Gasteiger partial charge is 0.496 e. The minimum atomic E-state index is 0.0785. The van der Waals surface area contributed by atoms with Gasteiger partial charge in [-0.25, -0.2) is 0 Å². The molecule has 0 spiro atoms. The van der Waals surface area contributed by atoms with E-state index in [4.69, 9.17) is 10.6 Å². The molecule has 0 aliphatic heterocycles. The van der Waals surface area contributed by atoms with Gasteiger partial charge in [-0.05, 0) is 31.9 Å². The molecule has 0 saturated carbocycles. The summed E-state index contributed by atoms with van der Waals surface area (Å²) in [6.45, 7) is 5.92. The zero-order valence-corrected chi connectivity index (χ0v) is 11.9. The Hall–Kier alpha value is -0.840. The van der Waals surface area contributed by atoms with Gasteiger partial charge < -0.3 is 4.74 Å². The molecule has 3 nitrogen and oxygen atoms in total. The van der Waals surface area contributed by atoms with Crippen molar-refractivity contribution in [3.63, 3.8) is 0 Å². The molecule has 1 aromatic carbocycles. The minimum absolute atomic E-state index is 0.0785. The summed E-state index contributed by atoms with van der Waals surface area (Å²) in [7, 11) is 1.66. The molecule has 4 heteroatoms. The Morgan fingerprint density at radius 2 is 2.29 bits per heavy atom. The number of ether oxygens (including phenoxy) is 1. The summed E-state index contributed by atoms with van der Waals surface area (Å²) in [5.41, 5.74) is 5.05. The van der Waals surface area contributed by atoms with Crippen LogP contribution < -0.4 is 16.0 Å². The third-order valence-electron chi connectivity index (χ3n) is 2.63. The van der Waals surface area contributed by atoms with Gasteiger partial charge >= 0.3 is 0 Å². The summed E-state index contributed by atoms with van der Waals surface area (Å²) in [4.78, 5) is 0. The van der Waals surface area contributed by atoms with Crippen molar-refractivity contribution in [1.82, 2.24) is 5.43 Å². The van der Waals surface area contributed by atoms with Crippen LogP contribution in [0, 0.1) is 0 Å². The van der Waals surface area contributed by atoms with Crippen molar-refractivity contribution in [2.45, 2.75) is 25.8 Å². The average Bonchev–Trinajstić information content (AvgIpc) is 2.30. The molecule has 0 aliphatic carbocycles. The normalized spacial score (nSPS) is 12.2. The molecule has 0 aromatic heterocycles. The van der Waals surface area contributed by atoms with E-state index in [2.05, 4.69) is 27.9 Å². The Balaban J connectivity index is 2.90. The second-order valence-electron chi connectivity index (χ2n) is 4.10. The predicted octanol–water partition coefficient (Wildman–Crippen LogP) is 3.32. The molecule has 3 N–H and O–H groups in total. The van der Waals surface area contributed by atoms with Gasteiger partial charge in [0.15, 0.2) is 0 Å². The Morgan fingerprint density at radius 1 is 1.59 bits per heavy atom. The van der Waals surface area contributed by atoms with Gasteiger partial charge in [-0.2, -0.15) is 0 Å². The Morgan fingerprint density at radius 3 is 2.82 bits per heavy atom. The summed E-state index contributed by atoms with van der Waals surface area (Å²) in [6, 6.07) is 6.03. The molecule has 17 heavy (non-hydrogen) atoms. The van der Waals surface area contributed by atoms with Crippen LogP contribution in [0.5, 0.6) is 5.75 Å². The maximum absolute atomic E-state index is 5.61. The van der Waals surface area contributed by atoms with Crippen LogP contribution in [0.1, 0.15) is 31.4 Å². The lowest BCUT2D eigenvalue weighted by atomic mass is 9.99. The summed E-state index contributed by atoms with van der Waals surface area (Å²) >= 11 is 3.42. The molecular formula is C13H19BrN2O. The number of allylic oxidation sites excluding steroid dienone is 1. The van der Waals surface area contributed by atoms with Crippen molar-refractivity contribution in [3.8, 4) is 5.75 Å². The standard InChI is InChI=1S/C13H19BrN2O/c1-9(2)4-7-12(16-15)11-6-5-10(14)8-13(11)17-3/h5-6,8,12,16H,1,4,7,15H2,2-3H3. The smallest absolute Gasteiger partial charge is 0.124 e. The van der Waals surface area contributed by atoms with Gasteiger partial charge in [0, 0.05) is 16.1 Å². The van der Waals surface area contributed by atoms with Crippen molar-refractivity contribution in [1.29, 1.82) is 0 Å². The highest BCUT2D eigenvalue weighted by Crippen LogP contribution is 2.30. The van der Waals surface area contributed by atoms with Gasteiger partial charge in [-0.1, -0.05) is 27.6 Å². The molecule has 0 saturated heterocycles. The van der Waals surface area contributed by atoms with Crippen LogP contribution in [0.2, 0.25) is 0 Å². The van der Waals surface area contributed by atoms with E-state index in [1.807, 2.05) is 25.1 Å². The maximum Gasteiger partial charge on any atom is 0.124 e. The van der Waals surface area contributed by atoms with Crippen LogP contribution in [0.4, 0.5) is 0 Å². The number of hydrazine groups is 1. The van der Waals surface area contributed by atoms with Gasteiger partial charge in [0.2, 0.25) is 0 Å². The first-order valence-electron chi connectivity index (χ1n) is 5.52. The van der Waals surface area contributed by atoms with Crippen molar-refractivity contribution in [2.75, 3.05) is 7.11 Å². The molecule has 1 rings (SSSR count). The number of benzene rings is 1. The molecule has 0 amide bonds. The number of methoxy groups -OCH3 is 1. The first kappa shape index (κ1) is 14.2. The molecule has 1 unspecified atom stereocenters. The van der Waals surface area contributed by atoms with E-state index < -0.39 is 0 Å². The molecule has 0 bridgehead atoms. The molecule has 1 atom stereocenters. The van der Waals surface area contributed by atoms with Crippen molar-refractivity contribution in [3.05, 3.63) is 40.4 Å². The van der Waals surface area contributed by atoms with E-state index in [-0.39, 0.29) is 6.04 Å². The first-order chi connectivity index (χ1) is 8.08. The fourth-order valence-corrected chi connectivity index (χ4v) is 2.03. The quantitative estimate of drug-likeness (QED) is 0.481. The molecule has 0 radical (unpaired) electrons. The van der Waals surface area contributed by atoms with E-state index >= 15 is 0 Å². The highest BCUT2D eigenvalue weighted by molar-refractivity contribution is 9.10. The van der Waals surface area contributed by atoms with Crippen LogP contribution in [0.3, 0.4) is 0 Å². The topological polar surface area (TPSA) is 47.3 Å². The van der Waals surface area contributed by atoms with Crippen molar-refractivity contribution < 1.29 is 4.74 Å². The highest BCUT2D eigenvalue weighted by Gasteiger charge is 2.14. The van der Waals surface area contributed by atoms with E-state index in [9.17, 15) is 0 Å². The van der Waals surface area contributed by atoms with Crippen LogP contribution in [0.25, 0.3) is 0 Å². The van der Waals surface area contributed by atoms with E-state index in [0.717, 1.165) is 34.2 Å². The zero-order valence-electron chi connectivity index (χ0n) is 10.3. The molecule has 0 fully saturated rings. The van der Waals surface area contributed by atoms with Gasteiger partial charge in [0.05, 0.1) is 7.11 Å². The number of halogens is 1. The van der Waals surface area contributed by atoms with Gasteiger partial charge in [-0.15, -0.1) is 6.58 Å². The molecular weight excluding hydrogens is 280 g/mol.